The van der Waals surface area contributed by atoms with E-state index in [1.807, 2.05) is 42.5 Å². The molecule has 1 atom stereocenters. The average molecular weight is 323 g/mol. The van der Waals surface area contributed by atoms with Crippen LogP contribution in [0.25, 0.3) is 11.0 Å². The van der Waals surface area contributed by atoms with Gasteiger partial charge in [0.1, 0.15) is 5.58 Å². The van der Waals surface area contributed by atoms with E-state index in [9.17, 15) is 4.79 Å². The van der Waals surface area contributed by atoms with Crippen LogP contribution in [0.1, 0.15) is 41.6 Å². The molecule has 1 aromatic heterocycles. The molecule has 4 heteroatoms. The number of carbonyl (C=O) groups is 1. The largest absolute Gasteiger partial charge is 0.460 e. The summed E-state index contributed by atoms with van der Waals surface area (Å²) < 4.78 is 10.9. The number of hydrogen-bond acceptors (Lipinski definition) is 4. The zero-order valence-electron chi connectivity index (χ0n) is 13.9. The number of hydrogen-bond donors (Lipinski definition) is 1. The summed E-state index contributed by atoms with van der Waals surface area (Å²) in [5, 5.41) is 4.40. The predicted molar refractivity (Wildman–Crippen MR) is 93.9 cm³/mol. The van der Waals surface area contributed by atoms with Crippen LogP contribution in [0.2, 0.25) is 0 Å². The highest BCUT2D eigenvalue weighted by Gasteiger charge is 2.21. The van der Waals surface area contributed by atoms with E-state index in [1.54, 1.807) is 6.92 Å². The lowest BCUT2D eigenvalue weighted by Crippen LogP contribution is -2.19. The van der Waals surface area contributed by atoms with Crippen LogP contribution in [0, 0.1) is 0 Å². The van der Waals surface area contributed by atoms with E-state index < -0.39 is 5.97 Å². The summed E-state index contributed by atoms with van der Waals surface area (Å²) >= 11 is 0. The van der Waals surface area contributed by atoms with Crippen molar-refractivity contribution in [1.29, 1.82) is 0 Å². The van der Waals surface area contributed by atoms with Crippen molar-refractivity contribution in [3.63, 3.8) is 0 Å². The van der Waals surface area contributed by atoms with Crippen molar-refractivity contribution in [2.45, 2.75) is 26.4 Å². The van der Waals surface area contributed by atoms with E-state index in [0.29, 0.717) is 18.7 Å². The third-order valence-corrected chi connectivity index (χ3v) is 4.04. The number of rotatable bonds is 6. The van der Waals surface area contributed by atoms with Gasteiger partial charge in [0, 0.05) is 23.5 Å². The van der Waals surface area contributed by atoms with Crippen LogP contribution >= 0.6 is 0 Å². The maximum Gasteiger partial charge on any atom is 0.374 e. The molecule has 1 N–H and O–H groups in total. The summed E-state index contributed by atoms with van der Waals surface area (Å²) in [5.41, 5.74) is 2.74. The number of para-hydroxylation sites is 1. The Bertz CT molecular complexity index is 823. The molecule has 3 aromatic rings. The van der Waals surface area contributed by atoms with Crippen molar-refractivity contribution in [1.82, 2.24) is 5.32 Å². The van der Waals surface area contributed by atoms with Gasteiger partial charge in [0.05, 0.1) is 6.61 Å². The molecular weight excluding hydrogens is 302 g/mol. The van der Waals surface area contributed by atoms with Crippen LogP contribution in [-0.4, -0.2) is 12.6 Å². The van der Waals surface area contributed by atoms with E-state index in [1.165, 1.54) is 5.56 Å². The second-order valence-electron chi connectivity index (χ2n) is 5.64. The van der Waals surface area contributed by atoms with E-state index in [-0.39, 0.29) is 11.8 Å². The lowest BCUT2D eigenvalue weighted by atomic mass is 10.1. The summed E-state index contributed by atoms with van der Waals surface area (Å²) in [4.78, 5) is 12.2. The van der Waals surface area contributed by atoms with Crippen molar-refractivity contribution in [2.24, 2.45) is 0 Å². The van der Waals surface area contributed by atoms with Gasteiger partial charge in [-0.15, -0.1) is 0 Å². The van der Waals surface area contributed by atoms with Gasteiger partial charge in [0.25, 0.3) is 0 Å². The first-order valence-corrected chi connectivity index (χ1v) is 8.16. The highest BCUT2D eigenvalue weighted by molar-refractivity contribution is 5.96. The molecule has 0 aliphatic carbocycles. The van der Waals surface area contributed by atoms with Gasteiger partial charge in [-0.25, -0.2) is 4.79 Å². The molecule has 2 aromatic carbocycles. The molecule has 0 saturated carbocycles. The van der Waals surface area contributed by atoms with Crippen molar-refractivity contribution in [3.8, 4) is 0 Å². The van der Waals surface area contributed by atoms with Crippen molar-refractivity contribution in [2.75, 3.05) is 6.61 Å². The number of ether oxygens (including phenoxy) is 1. The molecule has 124 valence electrons. The SMILES string of the molecule is CCOC(=O)c1oc2ccccc2c1CN[C@@H](C)c1ccccc1. The van der Waals surface area contributed by atoms with Crippen LogP contribution in [0.4, 0.5) is 0 Å². The second-order valence-corrected chi connectivity index (χ2v) is 5.64. The van der Waals surface area contributed by atoms with Gasteiger partial charge in [-0.1, -0.05) is 48.5 Å². The number of carbonyl (C=O) groups excluding carboxylic acids is 1. The highest BCUT2D eigenvalue weighted by atomic mass is 16.5. The normalized spacial score (nSPS) is 12.2. The van der Waals surface area contributed by atoms with Crippen molar-refractivity contribution in [3.05, 3.63) is 71.5 Å². The lowest BCUT2D eigenvalue weighted by Gasteiger charge is -2.14. The third kappa shape index (κ3) is 3.34. The second kappa shape index (κ2) is 7.32. The monoisotopic (exact) mass is 323 g/mol. The Morgan fingerprint density at radius 1 is 1.12 bits per heavy atom. The fraction of sp³-hybridized carbons (Fsp3) is 0.250. The zero-order chi connectivity index (χ0) is 16.9. The molecular formula is C20H21NO3. The molecule has 0 fully saturated rings. The standard InChI is InChI=1S/C20H21NO3/c1-3-23-20(22)19-17(16-11-7-8-12-18(16)24-19)13-21-14(2)15-9-5-4-6-10-15/h4-12,14,21H,3,13H2,1-2H3/t14-/m0/s1. The molecule has 0 amide bonds. The Balaban J connectivity index is 1.87. The molecule has 0 spiro atoms. The first-order valence-electron chi connectivity index (χ1n) is 8.16. The zero-order valence-corrected chi connectivity index (χ0v) is 13.9. The maximum absolute atomic E-state index is 12.2. The topological polar surface area (TPSA) is 51.5 Å². The van der Waals surface area contributed by atoms with E-state index in [2.05, 4.69) is 24.4 Å². The van der Waals surface area contributed by atoms with Crippen molar-refractivity contribution >= 4 is 16.9 Å². The first-order chi connectivity index (χ1) is 11.7. The van der Waals surface area contributed by atoms with E-state index >= 15 is 0 Å². The van der Waals surface area contributed by atoms with Crippen LogP contribution in [0.3, 0.4) is 0 Å². The Labute approximate surface area is 141 Å². The van der Waals surface area contributed by atoms with E-state index in [0.717, 1.165) is 10.9 Å². The van der Waals surface area contributed by atoms with Crippen molar-refractivity contribution < 1.29 is 13.9 Å². The molecule has 0 radical (unpaired) electrons. The van der Waals surface area contributed by atoms with Gasteiger partial charge in [0.15, 0.2) is 0 Å². The molecule has 0 bridgehead atoms. The molecule has 1 heterocycles. The molecule has 0 unspecified atom stereocenters. The Morgan fingerprint density at radius 2 is 1.83 bits per heavy atom. The maximum atomic E-state index is 12.2. The van der Waals surface area contributed by atoms with Crippen LogP contribution in [0.15, 0.2) is 59.0 Å². The molecule has 0 aliphatic rings. The minimum Gasteiger partial charge on any atom is -0.460 e. The Kier molecular flexibility index (Phi) is 4.96. The third-order valence-electron chi connectivity index (χ3n) is 4.04. The molecule has 3 rings (SSSR count). The van der Waals surface area contributed by atoms with Gasteiger partial charge >= 0.3 is 5.97 Å². The minimum atomic E-state index is -0.419. The summed E-state index contributed by atoms with van der Waals surface area (Å²) in [6.07, 6.45) is 0. The fourth-order valence-electron chi connectivity index (χ4n) is 2.75. The summed E-state index contributed by atoms with van der Waals surface area (Å²) in [7, 11) is 0. The highest BCUT2D eigenvalue weighted by Crippen LogP contribution is 2.27. The van der Waals surface area contributed by atoms with Gasteiger partial charge < -0.3 is 14.5 Å². The summed E-state index contributed by atoms with van der Waals surface area (Å²) in [6, 6.07) is 18.0. The lowest BCUT2D eigenvalue weighted by molar-refractivity contribution is 0.0490. The Hall–Kier alpha value is -2.59. The molecule has 0 saturated heterocycles. The number of furan rings is 1. The predicted octanol–water partition coefficient (Wildman–Crippen LogP) is 4.46. The number of esters is 1. The number of nitrogens with one attached hydrogen (secondary N) is 1. The van der Waals surface area contributed by atoms with Crippen LogP contribution in [0.5, 0.6) is 0 Å². The van der Waals surface area contributed by atoms with E-state index in [4.69, 9.17) is 9.15 Å². The summed E-state index contributed by atoms with van der Waals surface area (Å²) in [6.45, 7) is 4.74. The summed E-state index contributed by atoms with van der Waals surface area (Å²) in [5.74, 6) is -0.135. The molecule has 4 nitrogen and oxygen atoms in total. The number of benzene rings is 2. The van der Waals surface area contributed by atoms with Gasteiger partial charge in [-0.05, 0) is 25.5 Å². The van der Waals surface area contributed by atoms with Crippen LogP contribution < -0.4 is 5.32 Å². The smallest absolute Gasteiger partial charge is 0.374 e. The quantitative estimate of drug-likeness (QED) is 0.680. The van der Waals surface area contributed by atoms with Crippen LogP contribution in [-0.2, 0) is 11.3 Å². The van der Waals surface area contributed by atoms with Gasteiger partial charge in [-0.2, -0.15) is 0 Å². The van der Waals surface area contributed by atoms with Gasteiger partial charge in [0.2, 0.25) is 5.76 Å². The minimum absolute atomic E-state index is 0.162. The first kappa shape index (κ1) is 16.3. The Morgan fingerprint density at radius 3 is 2.58 bits per heavy atom. The average Bonchev–Trinajstić information content (AvgIpc) is 2.99. The molecule has 24 heavy (non-hydrogen) atoms. The van der Waals surface area contributed by atoms with Gasteiger partial charge in [-0.3, -0.25) is 0 Å². The molecule has 0 aliphatic heterocycles. The fourth-order valence-corrected chi connectivity index (χ4v) is 2.75. The number of fused-ring (bicyclic) bond motifs is 1.